The smallest absolute Gasteiger partial charge is 0.270 e. The molecule has 0 saturated heterocycles. The first-order valence-electron chi connectivity index (χ1n) is 10.1. The van der Waals surface area contributed by atoms with Crippen LogP contribution in [0.15, 0.2) is 29.2 Å². The number of amides is 2. The molecule has 0 aliphatic heterocycles. The largest absolute Gasteiger partial charge is 0.748 e. The summed E-state index contributed by atoms with van der Waals surface area (Å²) in [6.45, 7) is 10.7. The molecule has 0 unspecified atom stereocenters. The summed E-state index contributed by atoms with van der Waals surface area (Å²) < 4.78 is 34.0. The molecule has 1 aromatic carbocycles. The normalized spacial score (nSPS) is 11.9. The van der Waals surface area contributed by atoms with Gasteiger partial charge in [0.2, 0.25) is 0 Å². The van der Waals surface area contributed by atoms with E-state index < -0.39 is 27.7 Å². The molecule has 0 heterocycles. The monoisotopic (exact) mass is 584 g/mol. The number of unbranched alkanes of at least 4 members (excludes halogenated alkanes) is 1. The number of nitrogens with zero attached hydrogens (tertiary/aromatic N) is 2. The van der Waals surface area contributed by atoms with E-state index in [1.54, 1.807) is 18.2 Å². The molecule has 0 spiro atoms. The average Bonchev–Trinajstić information content (AvgIpc) is 2.72. The molecule has 0 N–H and O–H groups in total. The first kappa shape index (κ1) is 28.0. The topological polar surface area (TPSA) is 112 Å². The second kappa shape index (κ2) is 12.9. The van der Waals surface area contributed by atoms with Gasteiger partial charge in [-0.05, 0) is 45.7 Å². The molecule has 31 heavy (non-hydrogen) atoms. The average molecular weight is 584 g/mol. The van der Waals surface area contributed by atoms with Crippen molar-refractivity contribution in [1.29, 1.82) is 0 Å². The Morgan fingerprint density at radius 3 is 2.19 bits per heavy atom. The Bertz CT molecular complexity index is 879. The maximum absolute atomic E-state index is 12.6. The minimum atomic E-state index is -4.80. The van der Waals surface area contributed by atoms with Crippen LogP contribution in [0.5, 0.6) is 0 Å². The molecular formula is C20H29IN2O6S2. The molecule has 0 bridgehead atoms. The van der Waals surface area contributed by atoms with E-state index >= 15 is 0 Å². The molecule has 1 rings (SSSR count). The van der Waals surface area contributed by atoms with Crippen molar-refractivity contribution in [2.24, 2.45) is 0 Å². The molecule has 11 heteroatoms. The van der Waals surface area contributed by atoms with E-state index in [0.29, 0.717) is 14.4 Å². The highest BCUT2D eigenvalue weighted by molar-refractivity contribution is 14.1. The number of imide groups is 1. The number of halogens is 1. The van der Waals surface area contributed by atoms with Crippen LogP contribution >= 0.6 is 34.6 Å². The van der Waals surface area contributed by atoms with E-state index in [2.05, 4.69) is 20.8 Å². The summed E-state index contributed by atoms with van der Waals surface area (Å²) in [5.41, 5.74) is 0.102. The van der Waals surface area contributed by atoms with E-state index in [0.717, 1.165) is 55.3 Å². The van der Waals surface area contributed by atoms with Gasteiger partial charge in [0.15, 0.2) is 5.12 Å². The van der Waals surface area contributed by atoms with Crippen LogP contribution < -0.4 is 0 Å². The number of carbonyl (C=O) groups is 3. The molecule has 174 valence electrons. The van der Waals surface area contributed by atoms with Crippen LogP contribution in [0, 0.1) is 0 Å². The Labute approximate surface area is 202 Å². The van der Waals surface area contributed by atoms with E-state index in [1.165, 1.54) is 28.9 Å². The van der Waals surface area contributed by atoms with E-state index in [-0.39, 0.29) is 10.7 Å². The van der Waals surface area contributed by atoms with Crippen molar-refractivity contribution in [3.63, 3.8) is 0 Å². The number of thioether (sulfide) groups is 1. The third-order valence-electron chi connectivity index (χ3n) is 5.31. The first-order valence-corrected chi connectivity index (χ1v) is 13.5. The first-order chi connectivity index (χ1) is 14.5. The number of benzene rings is 1. The van der Waals surface area contributed by atoms with Gasteiger partial charge in [0.1, 0.15) is 15.9 Å². The third-order valence-corrected chi connectivity index (χ3v) is 7.90. The zero-order valence-electron chi connectivity index (χ0n) is 18.0. The van der Waals surface area contributed by atoms with E-state index in [4.69, 9.17) is 0 Å². The van der Waals surface area contributed by atoms with Gasteiger partial charge in [-0.2, -0.15) is 0 Å². The Hall–Kier alpha value is -1.02. The highest BCUT2D eigenvalue weighted by Crippen LogP contribution is 2.27. The summed E-state index contributed by atoms with van der Waals surface area (Å²) in [5, 5.41) is -0.0867. The second-order valence-electron chi connectivity index (χ2n) is 7.12. The highest BCUT2D eigenvalue weighted by Gasteiger charge is 2.25. The molecule has 1 aromatic rings. The van der Waals surface area contributed by atoms with Crippen molar-refractivity contribution in [2.45, 2.75) is 44.9 Å². The number of rotatable bonds is 12. The van der Waals surface area contributed by atoms with Crippen LogP contribution in [-0.4, -0.2) is 69.4 Å². The van der Waals surface area contributed by atoms with Gasteiger partial charge >= 0.3 is 0 Å². The van der Waals surface area contributed by atoms with Crippen molar-refractivity contribution in [2.75, 3.05) is 31.9 Å². The molecule has 0 saturated carbocycles. The van der Waals surface area contributed by atoms with Gasteiger partial charge in [-0.25, -0.2) is 11.5 Å². The van der Waals surface area contributed by atoms with Crippen LogP contribution in [-0.2, 0) is 19.7 Å². The van der Waals surface area contributed by atoms with Crippen LogP contribution in [0.25, 0.3) is 0 Å². The zero-order valence-corrected chi connectivity index (χ0v) is 21.8. The lowest BCUT2D eigenvalue weighted by Gasteiger charge is -2.35. The Morgan fingerprint density at radius 1 is 1.06 bits per heavy atom. The summed E-state index contributed by atoms with van der Waals surface area (Å²) >= 11 is 2.30. The Kier molecular flexibility index (Phi) is 11.6. The van der Waals surface area contributed by atoms with Crippen LogP contribution in [0.3, 0.4) is 0 Å². The van der Waals surface area contributed by atoms with Crippen LogP contribution in [0.4, 0.5) is 0 Å². The fraction of sp³-hybridized carbons (Fsp3) is 0.550. The zero-order chi connectivity index (χ0) is 23.7. The number of carbonyl (C=O) groups excluding carboxylic acids is 3. The quantitative estimate of drug-likeness (QED) is 0.0927. The van der Waals surface area contributed by atoms with Crippen molar-refractivity contribution in [3.05, 3.63) is 29.8 Å². The second-order valence-corrected chi connectivity index (χ2v) is 10.6. The van der Waals surface area contributed by atoms with Crippen LogP contribution in [0.1, 0.15) is 50.4 Å². The van der Waals surface area contributed by atoms with Gasteiger partial charge in [0, 0.05) is 11.3 Å². The molecule has 8 nitrogen and oxygen atoms in total. The molecule has 0 aliphatic rings. The van der Waals surface area contributed by atoms with E-state index in [1.807, 2.05) is 0 Å². The Balaban J connectivity index is 2.74. The van der Waals surface area contributed by atoms with Crippen molar-refractivity contribution < 1.29 is 31.8 Å². The Morgan fingerprint density at radius 2 is 1.65 bits per heavy atom. The van der Waals surface area contributed by atoms with Gasteiger partial charge in [-0.15, -0.1) is 0 Å². The summed E-state index contributed by atoms with van der Waals surface area (Å²) in [4.78, 5) is 37.3. The predicted molar refractivity (Wildman–Crippen MR) is 128 cm³/mol. The summed E-state index contributed by atoms with van der Waals surface area (Å²) in [5.74, 6) is -3.21. The molecule has 2 amide bonds. The van der Waals surface area contributed by atoms with Crippen molar-refractivity contribution >= 4 is 61.7 Å². The van der Waals surface area contributed by atoms with Gasteiger partial charge < -0.3 is 9.04 Å². The fourth-order valence-electron chi connectivity index (χ4n) is 3.19. The predicted octanol–water partition coefficient (Wildman–Crippen LogP) is 3.22. The van der Waals surface area contributed by atoms with Gasteiger partial charge in [-0.1, -0.05) is 23.9 Å². The minimum Gasteiger partial charge on any atom is -0.748 e. The van der Waals surface area contributed by atoms with Crippen LogP contribution in [0.2, 0.25) is 0 Å². The summed E-state index contributed by atoms with van der Waals surface area (Å²) in [6.07, 6.45) is 2.05. The number of hydrogen-bond donors (Lipinski definition) is 0. The number of hydrogen-bond acceptors (Lipinski definition) is 7. The number of quaternary nitrogens is 1. The summed E-state index contributed by atoms with van der Waals surface area (Å²) in [7, 11) is -4.80. The maximum Gasteiger partial charge on any atom is 0.270 e. The molecule has 0 aromatic heterocycles. The molecule has 0 radical (unpaired) electrons. The summed E-state index contributed by atoms with van der Waals surface area (Å²) in [6, 6.07) is 6.31. The van der Waals surface area contributed by atoms with Crippen molar-refractivity contribution in [3.8, 4) is 0 Å². The molecular weight excluding hydrogens is 555 g/mol. The van der Waals surface area contributed by atoms with Gasteiger partial charge in [0.25, 0.3) is 11.8 Å². The highest BCUT2D eigenvalue weighted by atomic mass is 127. The SMILES string of the molecule is CC[N+](CC)(CC)CCCCC(=O)Sc1ccccc1C(=O)N(I)C(=O)CS(=O)(=O)[O-]. The maximum atomic E-state index is 12.6. The van der Waals surface area contributed by atoms with Gasteiger partial charge in [0.05, 0.1) is 54.6 Å². The minimum absolute atomic E-state index is 0.0867. The van der Waals surface area contributed by atoms with E-state index in [9.17, 15) is 27.4 Å². The fourth-order valence-corrected chi connectivity index (χ4v) is 5.19. The molecule has 0 aliphatic carbocycles. The lowest BCUT2D eigenvalue weighted by Crippen LogP contribution is -2.48. The molecule has 0 atom stereocenters. The van der Waals surface area contributed by atoms with Gasteiger partial charge in [-0.3, -0.25) is 14.4 Å². The van der Waals surface area contributed by atoms with Crippen molar-refractivity contribution in [1.82, 2.24) is 3.11 Å². The standard InChI is InChI=1S/C20H29IN2O6S2/c1-4-23(5-2,6-3)14-10-9-13-19(25)30-17-12-8-7-11-16(17)20(26)22(21)18(24)15-31(27,28)29/h7-8,11-12H,4-6,9-10,13-15H2,1-3H3. The lowest BCUT2D eigenvalue weighted by molar-refractivity contribution is -0.923. The molecule has 0 fully saturated rings. The third kappa shape index (κ3) is 9.16. The lowest BCUT2D eigenvalue weighted by atomic mass is 10.2.